The zero-order valence-corrected chi connectivity index (χ0v) is 12.8. The minimum atomic E-state index is -2.83. The Morgan fingerprint density at radius 3 is 2.53 bits per heavy atom. The summed E-state index contributed by atoms with van der Waals surface area (Å²) in [7, 11) is -2.83. The summed E-state index contributed by atoms with van der Waals surface area (Å²) in [4.78, 5) is 2.22. The van der Waals surface area contributed by atoms with E-state index in [4.69, 9.17) is 4.74 Å². The SMILES string of the molecule is CCS(=O)(=O)CCN1CCC(OCCBr)CC1. The van der Waals surface area contributed by atoms with Crippen LogP contribution in [-0.2, 0) is 14.6 Å². The fraction of sp³-hybridized carbons (Fsp3) is 1.00. The van der Waals surface area contributed by atoms with E-state index in [0.29, 0.717) is 12.6 Å². The Hall–Kier alpha value is 0.350. The average Bonchev–Trinajstić information content (AvgIpc) is 2.35. The standard InChI is InChI=1S/C11H22BrNO3S/c1-2-17(14,15)10-8-13-6-3-11(4-7-13)16-9-5-12/h11H,2-10H2,1H3. The van der Waals surface area contributed by atoms with Gasteiger partial charge in [-0.1, -0.05) is 22.9 Å². The van der Waals surface area contributed by atoms with Gasteiger partial charge in [0, 0.05) is 30.7 Å². The van der Waals surface area contributed by atoms with Crippen LogP contribution in [0.5, 0.6) is 0 Å². The topological polar surface area (TPSA) is 46.6 Å². The second-order valence-electron chi connectivity index (χ2n) is 4.34. The minimum absolute atomic E-state index is 0.248. The normalized spacial score (nSPS) is 19.6. The van der Waals surface area contributed by atoms with E-state index in [9.17, 15) is 8.42 Å². The highest BCUT2D eigenvalue weighted by atomic mass is 79.9. The Balaban J connectivity index is 2.19. The summed E-state index contributed by atoms with van der Waals surface area (Å²) in [5, 5.41) is 0.877. The van der Waals surface area contributed by atoms with E-state index in [2.05, 4.69) is 20.8 Å². The molecule has 0 spiro atoms. The summed E-state index contributed by atoms with van der Waals surface area (Å²) in [6.07, 6.45) is 2.38. The molecule has 1 fully saturated rings. The van der Waals surface area contributed by atoms with Crippen molar-refractivity contribution >= 4 is 25.8 Å². The first-order valence-corrected chi connectivity index (χ1v) is 9.12. The first kappa shape index (κ1) is 15.4. The Morgan fingerprint density at radius 1 is 1.35 bits per heavy atom. The summed E-state index contributed by atoms with van der Waals surface area (Å²) in [6, 6.07) is 0. The van der Waals surface area contributed by atoms with E-state index in [1.165, 1.54) is 0 Å². The number of halogens is 1. The van der Waals surface area contributed by atoms with Crippen LogP contribution in [0.1, 0.15) is 19.8 Å². The van der Waals surface area contributed by atoms with Gasteiger partial charge in [0.1, 0.15) is 0 Å². The van der Waals surface area contributed by atoms with Gasteiger partial charge in [0.2, 0.25) is 0 Å². The molecule has 1 saturated heterocycles. The quantitative estimate of drug-likeness (QED) is 0.661. The zero-order chi connectivity index (χ0) is 12.7. The summed E-state index contributed by atoms with van der Waals surface area (Å²) in [5.74, 6) is 0.536. The van der Waals surface area contributed by atoms with Gasteiger partial charge in [-0.3, -0.25) is 0 Å². The third kappa shape index (κ3) is 6.18. The lowest BCUT2D eigenvalue weighted by Gasteiger charge is -2.31. The van der Waals surface area contributed by atoms with Crippen LogP contribution in [0.2, 0.25) is 0 Å². The monoisotopic (exact) mass is 327 g/mol. The number of likely N-dealkylation sites (tertiary alicyclic amines) is 1. The highest BCUT2D eigenvalue weighted by molar-refractivity contribution is 9.09. The van der Waals surface area contributed by atoms with E-state index >= 15 is 0 Å². The number of piperidine rings is 1. The largest absolute Gasteiger partial charge is 0.377 e. The number of ether oxygens (including phenoxy) is 1. The number of nitrogens with zero attached hydrogens (tertiary/aromatic N) is 1. The van der Waals surface area contributed by atoms with Crippen molar-refractivity contribution < 1.29 is 13.2 Å². The molecule has 0 saturated carbocycles. The second kappa shape index (κ2) is 7.71. The predicted octanol–water partition coefficient (Wildman–Crippen LogP) is 1.30. The van der Waals surface area contributed by atoms with Crippen molar-refractivity contribution in [3.63, 3.8) is 0 Å². The molecule has 102 valence electrons. The highest BCUT2D eigenvalue weighted by Gasteiger charge is 2.20. The van der Waals surface area contributed by atoms with Gasteiger partial charge in [0.05, 0.1) is 18.5 Å². The molecular weight excluding hydrogens is 306 g/mol. The van der Waals surface area contributed by atoms with Gasteiger partial charge in [0.25, 0.3) is 0 Å². The Bertz CT molecular complexity index is 300. The van der Waals surface area contributed by atoms with E-state index < -0.39 is 9.84 Å². The molecule has 1 aliphatic heterocycles. The van der Waals surface area contributed by atoms with Gasteiger partial charge in [-0.05, 0) is 12.8 Å². The van der Waals surface area contributed by atoms with Crippen molar-refractivity contribution in [2.24, 2.45) is 0 Å². The highest BCUT2D eigenvalue weighted by Crippen LogP contribution is 2.13. The van der Waals surface area contributed by atoms with Crippen molar-refractivity contribution in [1.82, 2.24) is 4.90 Å². The molecule has 0 N–H and O–H groups in total. The molecule has 0 aliphatic carbocycles. The lowest BCUT2D eigenvalue weighted by atomic mass is 10.1. The molecule has 1 heterocycles. The minimum Gasteiger partial charge on any atom is -0.377 e. The maximum Gasteiger partial charge on any atom is 0.151 e. The van der Waals surface area contributed by atoms with E-state index in [1.54, 1.807) is 6.92 Å². The molecule has 0 unspecified atom stereocenters. The summed E-state index contributed by atoms with van der Waals surface area (Å²) >= 11 is 3.34. The van der Waals surface area contributed by atoms with Crippen molar-refractivity contribution in [2.45, 2.75) is 25.9 Å². The smallest absolute Gasteiger partial charge is 0.151 e. The number of sulfone groups is 1. The number of alkyl halides is 1. The Kier molecular flexibility index (Phi) is 6.99. The number of hydrogen-bond acceptors (Lipinski definition) is 4. The van der Waals surface area contributed by atoms with Crippen molar-refractivity contribution in [3.05, 3.63) is 0 Å². The fourth-order valence-corrected chi connectivity index (χ4v) is 2.94. The van der Waals surface area contributed by atoms with Crippen LogP contribution in [0, 0.1) is 0 Å². The molecule has 6 heteroatoms. The molecule has 1 aliphatic rings. The zero-order valence-electron chi connectivity index (χ0n) is 10.4. The predicted molar refractivity (Wildman–Crippen MR) is 73.5 cm³/mol. The average molecular weight is 328 g/mol. The summed E-state index contributed by atoms with van der Waals surface area (Å²) in [6.45, 7) is 5.03. The lowest BCUT2D eigenvalue weighted by molar-refractivity contribution is 0.0173. The van der Waals surface area contributed by atoms with E-state index in [-0.39, 0.29) is 11.5 Å². The Morgan fingerprint density at radius 2 is 2.00 bits per heavy atom. The van der Waals surface area contributed by atoms with Gasteiger partial charge < -0.3 is 9.64 Å². The third-order valence-corrected chi connectivity index (χ3v) is 5.13. The van der Waals surface area contributed by atoms with Crippen LogP contribution >= 0.6 is 15.9 Å². The van der Waals surface area contributed by atoms with Crippen molar-refractivity contribution in [2.75, 3.05) is 43.1 Å². The molecule has 0 amide bonds. The lowest BCUT2D eigenvalue weighted by Crippen LogP contribution is -2.39. The molecule has 0 radical (unpaired) electrons. The summed E-state index contributed by atoms with van der Waals surface area (Å²) < 4.78 is 28.4. The van der Waals surface area contributed by atoms with Gasteiger partial charge in [-0.15, -0.1) is 0 Å². The van der Waals surface area contributed by atoms with Crippen molar-refractivity contribution in [1.29, 1.82) is 0 Å². The molecular formula is C11H22BrNO3S. The van der Waals surface area contributed by atoms with Crippen LogP contribution in [0.25, 0.3) is 0 Å². The van der Waals surface area contributed by atoms with Crippen LogP contribution < -0.4 is 0 Å². The molecule has 1 rings (SSSR count). The van der Waals surface area contributed by atoms with Crippen molar-refractivity contribution in [3.8, 4) is 0 Å². The third-order valence-electron chi connectivity index (χ3n) is 3.12. The first-order valence-electron chi connectivity index (χ1n) is 6.17. The molecule has 0 aromatic carbocycles. The van der Waals surface area contributed by atoms with Crippen LogP contribution in [0.15, 0.2) is 0 Å². The molecule has 0 atom stereocenters. The number of rotatable bonds is 7. The van der Waals surface area contributed by atoms with Gasteiger partial charge in [0.15, 0.2) is 9.84 Å². The fourth-order valence-electron chi connectivity index (χ4n) is 1.92. The molecule has 0 bridgehead atoms. The van der Waals surface area contributed by atoms with E-state index in [0.717, 1.165) is 37.9 Å². The molecule has 17 heavy (non-hydrogen) atoms. The van der Waals surface area contributed by atoms with Crippen LogP contribution in [0.3, 0.4) is 0 Å². The van der Waals surface area contributed by atoms with Gasteiger partial charge in [-0.25, -0.2) is 8.42 Å². The first-order chi connectivity index (χ1) is 8.07. The Labute approximate surface area is 113 Å². The van der Waals surface area contributed by atoms with Gasteiger partial charge in [-0.2, -0.15) is 0 Å². The maximum atomic E-state index is 11.4. The van der Waals surface area contributed by atoms with Crippen LogP contribution in [-0.4, -0.2) is 62.5 Å². The molecule has 4 nitrogen and oxygen atoms in total. The maximum absolute atomic E-state index is 11.4. The molecule has 0 aromatic heterocycles. The van der Waals surface area contributed by atoms with E-state index in [1.807, 2.05) is 0 Å². The molecule has 0 aromatic rings. The van der Waals surface area contributed by atoms with Crippen LogP contribution in [0.4, 0.5) is 0 Å². The van der Waals surface area contributed by atoms with Gasteiger partial charge >= 0.3 is 0 Å². The summed E-state index contributed by atoms with van der Waals surface area (Å²) in [5.41, 5.74) is 0. The second-order valence-corrected chi connectivity index (χ2v) is 7.60. The number of hydrogen-bond donors (Lipinski definition) is 0.